The Bertz CT molecular complexity index is 531. The van der Waals surface area contributed by atoms with Gasteiger partial charge in [-0.3, -0.25) is 4.79 Å². The molecule has 0 saturated carbocycles. The van der Waals surface area contributed by atoms with Crippen LogP contribution in [0, 0.1) is 0 Å². The van der Waals surface area contributed by atoms with Crippen LogP contribution in [0.25, 0.3) is 0 Å². The number of carbonyl (C=O) groups excluding carboxylic acids is 1. The number of halogens is 1. The van der Waals surface area contributed by atoms with Gasteiger partial charge in [-0.1, -0.05) is 12.1 Å². The number of ether oxygens (including phenoxy) is 1. The summed E-state index contributed by atoms with van der Waals surface area (Å²) in [6.45, 7) is 0.831. The van der Waals surface area contributed by atoms with Crippen LogP contribution < -0.4 is 10.1 Å². The van der Waals surface area contributed by atoms with Crippen molar-refractivity contribution in [3.63, 3.8) is 0 Å². The fraction of sp³-hybridized carbons (Fsp3) is 0.231. The Morgan fingerprint density at radius 1 is 1.42 bits per heavy atom. The number of benzene rings is 1. The molecule has 0 unspecified atom stereocenters. The highest BCUT2D eigenvalue weighted by Gasteiger charge is 2.04. The number of aromatic nitrogens is 1. The van der Waals surface area contributed by atoms with Crippen LogP contribution in [0.1, 0.15) is 11.4 Å². The molecular weight excluding hydrogens is 328 g/mol. The molecule has 1 aromatic carbocycles. The SMILES string of the molecule is O=C(CCOc1ccccc1Br)NCc1nccs1. The van der Waals surface area contributed by atoms with Gasteiger partial charge in [0.05, 0.1) is 24.0 Å². The van der Waals surface area contributed by atoms with E-state index in [1.165, 1.54) is 11.3 Å². The molecule has 0 bridgehead atoms. The molecule has 1 heterocycles. The predicted molar refractivity (Wildman–Crippen MR) is 78.2 cm³/mol. The number of hydrogen-bond donors (Lipinski definition) is 1. The van der Waals surface area contributed by atoms with Crippen molar-refractivity contribution >= 4 is 33.2 Å². The molecule has 1 N–H and O–H groups in total. The van der Waals surface area contributed by atoms with Crippen molar-refractivity contribution in [2.45, 2.75) is 13.0 Å². The molecular formula is C13H13BrN2O2S. The molecule has 4 nitrogen and oxygen atoms in total. The van der Waals surface area contributed by atoms with Gasteiger partial charge in [0.25, 0.3) is 0 Å². The lowest BCUT2D eigenvalue weighted by atomic mass is 10.3. The molecule has 0 aliphatic heterocycles. The number of carbonyl (C=O) groups is 1. The molecule has 0 atom stereocenters. The van der Waals surface area contributed by atoms with Crippen LogP contribution in [0.5, 0.6) is 5.75 Å². The van der Waals surface area contributed by atoms with Crippen molar-refractivity contribution in [2.24, 2.45) is 0 Å². The second-order valence-corrected chi connectivity index (χ2v) is 5.56. The highest BCUT2D eigenvalue weighted by Crippen LogP contribution is 2.23. The standard InChI is InChI=1S/C13H13BrN2O2S/c14-10-3-1-2-4-11(10)18-7-5-12(17)16-9-13-15-6-8-19-13/h1-4,6,8H,5,7,9H2,(H,16,17). The van der Waals surface area contributed by atoms with Crippen molar-refractivity contribution in [1.82, 2.24) is 10.3 Å². The lowest BCUT2D eigenvalue weighted by Crippen LogP contribution is -2.24. The number of rotatable bonds is 6. The first kappa shape index (κ1) is 14.0. The van der Waals surface area contributed by atoms with Crippen LogP contribution >= 0.6 is 27.3 Å². The van der Waals surface area contributed by atoms with E-state index in [9.17, 15) is 4.79 Å². The number of para-hydroxylation sites is 1. The molecule has 0 radical (unpaired) electrons. The van der Waals surface area contributed by atoms with Gasteiger partial charge in [-0.15, -0.1) is 11.3 Å². The second kappa shape index (κ2) is 7.25. The summed E-state index contributed by atoms with van der Waals surface area (Å²) in [5.74, 6) is 0.706. The van der Waals surface area contributed by atoms with Crippen LogP contribution in [0.3, 0.4) is 0 Å². The van der Waals surface area contributed by atoms with Gasteiger partial charge in [0.1, 0.15) is 10.8 Å². The minimum absolute atomic E-state index is 0.0396. The number of amides is 1. The smallest absolute Gasteiger partial charge is 0.223 e. The number of nitrogens with zero attached hydrogens (tertiary/aromatic N) is 1. The zero-order valence-electron chi connectivity index (χ0n) is 10.1. The van der Waals surface area contributed by atoms with E-state index in [-0.39, 0.29) is 5.91 Å². The van der Waals surface area contributed by atoms with E-state index >= 15 is 0 Å². The minimum Gasteiger partial charge on any atom is -0.492 e. The fourth-order valence-corrected chi connectivity index (χ4v) is 2.37. The predicted octanol–water partition coefficient (Wildman–Crippen LogP) is 2.99. The molecule has 1 aromatic heterocycles. The third kappa shape index (κ3) is 4.65. The Labute approximate surface area is 124 Å². The number of thiazole rings is 1. The van der Waals surface area contributed by atoms with Gasteiger partial charge in [0.2, 0.25) is 5.91 Å². The highest BCUT2D eigenvalue weighted by atomic mass is 79.9. The molecule has 0 aliphatic carbocycles. The molecule has 19 heavy (non-hydrogen) atoms. The lowest BCUT2D eigenvalue weighted by molar-refractivity contribution is -0.121. The van der Waals surface area contributed by atoms with E-state index < -0.39 is 0 Å². The monoisotopic (exact) mass is 340 g/mol. The molecule has 2 aromatic rings. The Hall–Kier alpha value is -1.40. The minimum atomic E-state index is -0.0396. The Morgan fingerprint density at radius 3 is 3.00 bits per heavy atom. The van der Waals surface area contributed by atoms with Crippen LogP contribution in [0.4, 0.5) is 0 Å². The van der Waals surface area contributed by atoms with Crippen molar-refractivity contribution in [2.75, 3.05) is 6.61 Å². The summed E-state index contributed by atoms with van der Waals surface area (Å²) in [5.41, 5.74) is 0. The largest absolute Gasteiger partial charge is 0.492 e. The van der Waals surface area contributed by atoms with Crippen LogP contribution in [-0.2, 0) is 11.3 Å². The van der Waals surface area contributed by atoms with E-state index in [1.54, 1.807) is 6.20 Å². The molecule has 0 spiro atoms. The maximum Gasteiger partial charge on any atom is 0.223 e. The van der Waals surface area contributed by atoms with Gasteiger partial charge >= 0.3 is 0 Å². The van der Waals surface area contributed by atoms with Gasteiger partial charge < -0.3 is 10.1 Å². The summed E-state index contributed by atoms with van der Waals surface area (Å²) in [6, 6.07) is 7.57. The summed E-state index contributed by atoms with van der Waals surface area (Å²) >= 11 is 4.91. The Balaban J connectivity index is 1.68. The maximum absolute atomic E-state index is 11.6. The van der Waals surface area contributed by atoms with Crippen molar-refractivity contribution in [1.29, 1.82) is 0 Å². The van der Waals surface area contributed by atoms with E-state index in [0.717, 1.165) is 15.2 Å². The van der Waals surface area contributed by atoms with Gasteiger partial charge in [-0.05, 0) is 28.1 Å². The van der Waals surface area contributed by atoms with E-state index in [0.29, 0.717) is 19.6 Å². The van der Waals surface area contributed by atoms with E-state index in [1.807, 2.05) is 29.6 Å². The lowest BCUT2D eigenvalue weighted by Gasteiger charge is -2.07. The fourth-order valence-electron chi connectivity index (χ4n) is 1.42. The molecule has 0 aliphatic rings. The van der Waals surface area contributed by atoms with Gasteiger partial charge in [0.15, 0.2) is 0 Å². The summed E-state index contributed by atoms with van der Waals surface area (Å²) in [5, 5.41) is 5.59. The second-order valence-electron chi connectivity index (χ2n) is 3.73. The average Bonchev–Trinajstić information content (AvgIpc) is 2.92. The van der Waals surface area contributed by atoms with Gasteiger partial charge in [-0.2, -0.15) is 0 Å². The molecule has 6 heteroatoms. The first-order chi connectivity index (χ1) is 9.25. The third-order valence-electron chi connectivity index (χ3n) is 2.34. The zero-order valence-corrected chi connectivity index (χ0v) is 12.5. The molecule has 0 fully saturated rings. The maximum atomic E-state index is 11.6. The molecule has 1 amide bonds. The van der Waals surface area contributed by atoms with E-state index in [4.69, 9.17) is 4.74 Å². The van der Waals surface area contributed by atoms with Crippen LogP contribution in [0.15, 0.2) is 40.3 Å². The topological polar surface area (TPSA) is 51.2 Å². The normalized spacial score (nSPS) is 10.2. The number of nitrogens with one attached hydrogen (secondary N) is 1. The summed E-state index contributed by atoms with van der Waals surface area (Å²) in [7, 11) is 0. The average molecular weight is 341 g/mol. The molecule has 0 saturated heterocycles. The van der Waals surface area contributed by atoms with Crippen LogP contribution in [0.2, 0.25) is 0 Å². The Morgan fingerprint density at radius 2 is 2.26 bits per heavy atom. The molecule has 2 rings (SSSR count). The van der Waals surface area contributed by atoms with Crippen LogP contribution in [-0.4, -0.2) is 17.5 Å². The van der Waals surface area contributed by atoms with Gasteiger partial charge in [-0.25, -0.2) is 4.98 Å². The summed E-state index contributed by atoms with van der Waals surface area (Å²) in [4.78, 5) is 15.7. The Kier molecular flexibility index (Phi) is 5.35. The van der Waals surface area contributed by atoms with Crippen molar-refractivity contribution < 1.29 is 9.53 Å². The zero-order chi connectivity index (χ0) is 13.5. The highest BCUT2D eigenvalue weighted by molar-refractivity contribution is 9.10. The summed E-state index contributed by atoms with van der Waals surface area (Å²) < 4.78 is 6.41. The van der Waals surface area contributed by atoms with Crippen molar-refractivity contribution in [3.05, 3.63) is 45.3 Å². The molecule has 100 valence electrons. The quantitative estimate of drug-likeness (QED) is 0.879. The van der Waals surface area contributed by atoms with E-state index in [2.05, 4.69) is 26.2 Å². The van der Waals surface area contributed by atoms with Crippen molar-refractivity contribution in [3.8, 4) is 5.75 Å². The third-order valence-corrected chi connectivity index (χ3v) is 3.78. The first-order valence-corrected chi connectivity index (χ1v) is 7.45. The summed E-state index contributed by atoms with van der Waals surface area (Å²) in [6.07, 6.45) is 2.05. The van der Waals surface area contributed by atoms with Gasteiger partial charge in [0, 0.05) is 11.6 Å². The number of hydrogen-bond acceptors (Lipinski definition) is 4. The first-order valence-electron chi connectivity index (χ1n) is 5.78.